The van der Waals surface area contributed by atoms with E-state index in [0.717, 1.165) is 7.11 Å². The summed E-state index contributed by atoms with van der Waals surface area (Å²) in [5.41, 5.74) is -0.647. The van der Waals surface area contributed by atoms with Crippen LogP contribution < -0.4 is 4.74 Å². The number of carbonyl (C=O) groups is 1. The third-order valence-electron chi connectivity index (χ3n) is 2.44. The minimum Gasteiger partial charge on any atom is -0.428 e. The van der Waals surface area contributed by atoms with Crippen LogP contribution in [0.1, 0.15) is 20.8 Å². The van der Waals surface area contributed by atoms with E-state index in [1.165, 1.54) is 12.1 Å². The Labute approximate surface area is 138 Å². The highest BCUT2D eigenvalue weighted by atomic mass is 32.3. The zero-order valence-electron chi connectivity index (χ0n) is 14.0. The molecule has 0 saturated carbocycles. The summed E-state index contributed by atoms with van der Waals surface area (Å²) in [6.07, 6.45) is 2.51. The number of benzene rings is 1. The molecule has 0 aliphatic carbocycles. The molecule has 0 heterocycles. The van der Waals surface area contributed by atoms with Crippen LogP contribution >= 0.6 is 10.3 Å². The normalized spacial score (nSPS) is 13.5. The quantitative estimate of drug-likeness (QED) is 0.584. The van der Waals surface area contributed by atoms with Crippen molar-refractivity contribution in [3.63, 3.8) is 0 Å². The monoisotopic (exact) mass is 366 g/mol. The summed E-state index contributed by atoms with van der Waals surface area (Å²) < 4.78 is 42.3. The van der Waals surface area contributed by atoms with Gasteiger partial charge in [0.2, 0.25) is 0 Å². The van der Waals surface area contributed by atoms with E-state index in [1.807, 2.05) is 0 Å². The number of hydrogen-bond donors (Lipinski definition) is 0. The van der Waals surface area contributed by atoms with Gasteiger partial charge in [0.1, 0.15) is 11.4 Å². The van der Waals surface area contributed by atoms with E-state index in [1.54, 1.807) is 45.4 Å². The molecular formula is C14H22O7S2. The molecule has 0 N–H and O–H groups in total. The molecule has 9 heteroatoms. The van der Waals surface area contributed by atoms with E-state index in [2.05, 4.69) is 4.18 Å². The van der Waals surface area contributed by atoms with Crippen molar-refractivity contribution in [1.82, 2.24) is 0 Å². The van der Waals surface area contributed by atoms with E-state index < -0.39 is 32.5 Å². The SMILES string of the molecule is COS(=O)(=O)OS(C)(C)c1ccc(OC(=O)OC(C)(C)C)cc1. The number of hydrogen-bond acceptors (Lipinski definition) is 7. The standard InChI is InChI=1S/C14H22O7S2/c1-14(2,3)20-13(15)19-11-7-9-12(10-8-11)22(5,6)21-23(16,17)18-4/h7-10H,1-6H3. The number of ether oxygens (including phenoxy) is 2. The summed E-state index contributed by atoms with van der Waals surface area (Å²) in [7, 11) is -5.10. The second-order valence-corrected chi connectivity index (χ2v) is 10.5. The summed E-state index contributed by atoms with van der Waals surface area (Å²) in [5, 5.41) is 0. The molecule has 0 aliphatic rings. The Morgan fingerprint density at radius 2 is 1.57 bits per heavy atom. The van der Waals surface area contributed by atoms with Crippen LogP contribution in [0.5, 0.6) is 5.75 Å². The fraction of sp³-hybridized carbons (Fsp3) is 0.500. The topological polar surface area (TPSA) is 88.1 Å². The molecule has 0 aliphatic heterocycles. The highest BCUT2D eigenvalue weighted by molar-refractivity contribution is 8.31. The molecule has 0 atom stereocenters. The van der Waals surface area contributed by atoms with Crippen molar-refractivity contribution in [3.05, 3.63) is 24.3 Å². The Hall–Kier alpha value is -1.29. The Morgan fingerprint density at radius 1 is 1.04 bits per heavy atom. The molecule has 23 heavy (non-hydrogen) atoms. The van der Waals surface area contributed by atoms with E-state index in [9.17, 15) is 13.2 Å². The lowest BCUT2D eigenvalue weighted by Crippen LogP contribution is -2.25. The molecule has 1 aromatic carbocycles. The van der Waals surface area contributed by atoms with Crippen LogP contribution in [0.4, 0.5) is 4.79 Å². The van der Waals surface area contributed by atoms with Crippen LogP contribution in [0.2, 0.25) is 0 Å². The Balaban J connectivity index is 2.82. The van der Waals surface area contributed by atoms with Gasteiger partial charge in [-0.2, -0.15) is 12.0 Å². The molecule has 0 spiro atoms. The third-order valence-corrected chi connectivity index (χ3v) is 6.28. The molecule has 0 aromatic heterocycles. The van der Waals surface area contributed by atoms with Crippen molar-refractivity contribution < 1.29 is 30.5 Å². The van der Waals surface area contributed by atoms with Gasteiger partial charge in [-0.1, -0.05) is 10.3 Å². The minimum atomic E-state index is -4.04. The molecule has 0 amide bonds. The summed E-state index contributed by atoms with van der Waals surface area (Å²) in [6.45, 7) is 5.20. The summed E-state index contributed by atoms with van der Waals surface area (Å²) in [6, 6.07) is 6.33. The van der Waals surface area contributed by atoms with Crippen molar-refractivity contribution in [2.24, 2.45) is 0 Å². The molecule has 1 aromatic rings. The van der Waals surface area contributed by atoms with E-state index in [-0.39, 0.29) is 5.75 Å². The van der Waals surface area contributed by atoms with E-state index in [4.69, 9.17) is 13.1 Å². The first kappa shape index (κ1) is 19.8. The van der Waals surface area contributed by atoms with Gasteiger partial charge in [0.15, 0.2) is 0 Å². The van der Waals surface area contributed by atoms with Crippen molar-refractivity contribution in [1.29, 1.82) is 0 Å². The maximum absolute atomic E-state index is 11.6. The van der Waals surface area contributed by atoms with Crippen LogP contribution in [-0.4, -0.2) is 39.8 Å². The fourth-order valence-electron chi connectivity index (χ4n) is 1.48. The average molecular weight is 366 g/mol. The van der Waals surface area contributed by atoms with Crippen LogP contribution in [-0.2, 0) is 22.9 Å². The van der Waals surface area contributed by atoms with Crippen molar-refractivity contribution in [3.8, 4) is 5.75 Å². The first-order chi connectivity index (χ1) is 10.3. The maximum atomic E-state index is 11.6. The number of rotatable bonds is 5. The number of carbonyl (C=O) groups excluding carboxylic acids is 1. The molecule has 7 nitrogen and oxygen atoms in total. The van der Waals surface area contributed by atoms with Gasteiger partial charge in [0.25, 0.3) is 0 Å². The van der Waals surface area contributed by atoms with Crippen molar-refractivity contribution >= 4 is 26.9 Å². The van der Waals surface area contributed by atoms with Crippen LogP contribution in [0.15, 0.2) is 29.2 Å². The van der Waals surface area contributed by atoms with Crippen LogP contribution in [0.3, 0.4) is 0 Å². The first-order valence-electron chi connectivity index (χ1n) is 6.60. The predicted molar refractivity (Wildman–Crippen MR) is 88.0 cm³/mol. The van der Waals surface area contributed by atoms with E-state index >= 15 is 0 Å². The van der Waals surface area contributed by atoms with Gasteiger partial charge in [0.05, 0.1) is 7.11 Å². The molecule has 0 unspecified atom stereocenters. The lowest BCUT2D eigenvalue weighted by Gasteiger charge is -2.29. The Bertz CT molecular complexity index is 643. The van der Waals surface area contributed by atoms with Gasteiger partial charge in [-0.15, -0.1) is 0 Å². The van der Waals surface area contributed by atoms with Crippen molar-refractivity contribution in [2.45, 2.75) is 31.3 Å². The summed E-state index contributed by atoms with van der Waals surface area (Å²) >= 11 is 0. The molecular weight excluding hydrogens is 344 g/mol. The van der Waals surface area contributed by atoms with Crippen LogP contribution in [0, 0.1) is 0 Å². The van der Waals surface area contributed by atoms with Gasteiger partial charge in [-0.3, -0.25) is 4.18 Å². The zero-order chi connectivity index (χ0) is 17.9. The summed E-state index contributed by atoms with van der Waals surface area (Å²) in [4.78, 5) is 12.2. The van der Waals surface area contributed by atoms with Gasteiger partial charge in [-0.05, 0) is 57.5 Å². The molecule has 0 saturated heterocycles. The van der Waals surface area contributed by atoms with Gasteiger partial charge < -0.3 is 9.47 Å². The van der Waals surface area contributed by atoms with Gasteiger partial charge in [0, 0.05) is 4.90 Å². The van der Waals surface area contributed by atoms with Gasteiger partial charge >= 0.3 is 16.6 Å². The Kier molecular flexibility index (Phi) is 6.08. The lowest BCUT2D eigenvalue weighted by molar-refractivity contribution is 0.0206. The average Bonchev–Trinajstić information content (AvgIpc) is 2.35. The third kappa shape index (κ3) is 6.78. The molecule has 132 valence electrons. The molecule has 0 radical (unpaired) electrons. The lowest BCUT2D eigenvalue weighted by atomic mass is 10.2. The molecule has 0 fully saturated rings. The Morgan fingerprint density at radius 3 is 2.00 bits per heavy atom. The minimum absolute atomic E-state index is 0.285. The van der Waals surface area contributed by atoms with Crippen molar-refractivity contribution in [2.75, 3.05) is 19.6 Å². The fourth-order valence-corrected chi connectivity index (χ4v) is 4.47. The largest absolute Gasteiger partial charge is 0.514 e. The molecule has 1 rings (SSSR count). The predicted octanol–water partition coefficient (Wildman–Crippen LogP) is 3.25. The summed E-state index contributed by atoms with van der Waals surface area (Å²) in [5.74, 6) is 0.285. The second-order valence-electron chi connectivity index (χ2n) is 5.91. The zero-order valence-corrected chi connectivity index (χ0v) is 15.6. The van der Waals surface area contributed by atoms with E-state index in [0.29, 0.717) is 4.90 Å². The maximum Gasteiger partial charge on any atom is 0.514 e. The van der Waals surface area contributed by atoms with Gasteiger partial charge in [-0.25, -0.2) is 4.79 Å². The highest BCUT2D eigenvalue weighted by Crippen LogP contribution is 2.51. The highest BCUT2D eigenvalue weighted by Gasteiger charge is 2.25. The second kappa shape index (κ2) is 7.08. The smallest absolute Gasteiger partial charge is 0.428 e. The first-order valence-corrected chi connectivity index (χ1v) is 10.3. The van der Waals surface area contributed by atoms with Crippen LogP contribution in [0.25, 0.3) is 0 Å². The molecule has 0 bridgehead atoms.